The Hall–Kier alpha value is -1.91. The van der Waals surface area contributed by atoms with Crippen molar-refractivity contribution in [1.82, 2.24) is 19.9 Å². The number of carbonyl (C=O) groups excluding carboxylic acids is 1. The Balaban J connectivity index is 2.07. The highest BCUT2D eigenvalue weighted by molar-refractivity contribution is 5.79. The number of hydrogen-bond donors (Lipinski definition) is 0. The highest BCUT2D eigenvalue weighted by atomic mass is 16.2. The number of benzene rings is 1. The largest absolute Gasteiger partial charge is 0.344 e. The topological polar surface area (TPSA) is 51.0 Å². The molecule has 0 radical (unpaired) electrons. The van der Waals surface area contributed by atoms with E-state index in [1.807, 2.05) is 31.3 Å². The van der Waals surface area contributed by atoms with E-state index in [9.17, 15) is 4.79 Å². The first-order valence-corrected chi connectivity index (χ1v) is 6.24. The van der Waals surface area contributed by atoms with Crippen LogP contribution in [0.3, 0.4) is 0 Å². The van der Waals surface area contributed by atoms with Crippen molar-refractivity contribution in [1.29, 1.82) is 0 Å². The maximum atomic E-state index is 12.0. The van der Waals surface area contributed by atoms with E-state index in [0.717, 1.165) is 30.4 Å². The van der Waals surface area contributed by atoms with Gasteiger partial charge in [0.1, 0.15) is 12.1 Å². The zero-order valence-corrected chi connectivity index (χ0v) is 10.8. The van der Waals surface area contributed by atoms with Crippen molar-refractivity contribution < 1.29 is 4.79 Å². The van der Waals surface area contributed by atoms with Crippen molar-refractivity contribution in [3.8, 4) is 0 Å². The minimum Gasteiger partial charge on any atom is -0.344 e. The maximum absolute atomic E-state index is 12.0. The van der Waals surface area contributed by atoms with Crippen LogP contribution in [0.1, 0.15) is 19.8 Å². The second-order valence-corrected chi connectivity index (χ2v) is 4.40. The third-order valence-electron chi connectivity index (χ3n) is 2.98. The second-order valence-electron chi connectivity index (χ2n) is 4.40. The van der Waals surface area contributed by atoms with Gasteiger partial charge in [-0.1, -0.05) is 30.7 Å². The highest BCUT2D eigenvalue weighted by Gasteiger charge is 2.11. The molecule has 18 heavy (non-hydrogen) atoms. The Morgan fingerprint density at radius 3 is 2.94 bits per heavy atom. The molecular weight excluding hydrogens is 228 g/mol. The van der Waals surface area contributed by atoms with Crippen LogP contribution in [0.5, 0.6) is 0 Å². The number of fused-ring (bicyclic) bond motifs is 1. The highest BCUT2D eigenvalue weighted by Crippen LogP contribution is 2.09. The number of likely N-dealkylation sites (N-methyl/N-ethyl adjacent to an activating group) is 1. The van der Waals surface area contributed by atoms with Crippen LogP contribution < -0.4 is 0 Å². The van der Waals surface area contributed by atoms with Gasteiger partial charge in [0.2, 0.25) is 5.91 Å². The molecule has 0 fully saturated rings. The number of rotatable bonds is 5. The molecule has 2 aromatic rings. The second kappa shape index (κ2) is 5.62. The zero-order valence-electron chi connectivity index (χ0n) is 10.8. The monoisotopic (exact) mass is 246 g/mol. The van der Waals surface area contributed by atoms with Crippen LogP contribution >= 0.6 is 0 Å². The number of aromatic nitrogens is 3. The molecule has 1 aromatic carbocycles. The molecule has 0 spiro atoms. The van der Waals surface area contributed by atoms with Gasteiger partial charge >= 0.3 is 0 Å². The summed E-state index contributed by atoms with van der Waals surface area (Å²) >= 11 is 0. The van der Waals surface area contributed by atoms with Crippen LogP contribution in [-0.2, 0) is 11.3 Å². The predicted molar refractivity (Wildman–Crippen MR) is 70.1 cm³/mol. The van der Waals surface area contributed by atoms with Gasteiger partial charge in [-0.15, -0.1) is 5.10 Å². The molecule has 5 heteroatoms. The normalized spacial score (nSPS) is 10.8. The Kier molecular flexibility index (Phi) is 3.92. The van der Waals surface area contributed by atoms with E-state index in [1.54, 1.807) is 9.58 Å². The molecule has 0 aliphatic rings. The van der Waals surface area contributed by atoms with Crippen molar-refractivity contribution in [3.05, 3.63) is 24.3 Å². The molecule has 0 aliphatic carbocycles. The number of para-hydroxylation sites is 1. The van der Waals surface area contributed by atoms with Crippen molar-refractivity contribution in [2.75, 3.05) is 13.6 Å². The minimum atomic E-state index is 0.0686. The van der Waals surface area contributed by atoms with Gasteiger partial charge in [-0.05, 0) is 18.6 Å². The Bertz CT molecular complexity index is 535. The van der Waals surface area contributed by atoms with Crippen LogP contribution in [0.15, 0.2) is 24.3 Å². The maximum Gasteiger partial charge on any atom is 0.244 e. The van der Waals surface area contributed by atoms with Crippen LogP contribution in [0, 0.1) is 0 Å². The fourth-order valence-corrected chi connectivity index (χ4v) is 1.80. The van der Waals surface area contributed by atoms with E-state index in [2.05, 4.69) is 17.2 Å². The summed E-state index contributed by atoms with van der Waals surface area (Å²) < 4.78 is 1.65. The van der Waals surface area contributed by atoms with Gasteiger partial charge < -0.3 is 4.90 Å². The van der Waals surface area contributed by atoms with E-state index in [-0.39, 0.29) is 12.5 Å². The predicted octanol–water partition coefficient (Wildman–Crippen LogP) is 1.69. The molecule has 96 valence electrons. The number of nitrogens with zero attached hydrogens (tertiary/aromatic N) is 4. The summed E-state index contributed by atoms with van der Waals surface area (Å²) in [6, 6.07) is 7.66. The summed E-state index contributed by atoms with van der Waals surface area (Å²) in [6.45, 7) is 3.16. The van der Waals surface area contributed by atoms with Gasteiger partial charge in [0, 0.05) is 13.6 Å². The zero-order chi connectivity index (χ0) is 13.0. The van der Waals surface area contributed by atoms with E-state index >= 15 is 0 Å². The van der Waals surface area contributed by atoms with Gasteiger partial charge in [0.05, 0.1) is 5.52 Å². The quantitative estimate of drug-likeness (QED) is 0.806. The molecule has 0 bridgehead atoms. The molecule has 0 saturated heterocycles. The number of hydrogen-bond acceptors (Lipinski definition) is 3. The van der Waals surface area contributed by atoms with Gasteiger partial charge in [-0.3, -0.25) is 4.79 Å². The average molecular weight is 246 g/mol. The Morgan fingerprint density at radius 2 is 2.17 bits per heavy atom. The number of unbranched alkanes of at least 4 members (excludes halogenated alkanes) is 1. The first kappa shape index (κ1) is 12.5. The van der Waals surface area contributed by atoms with Crippen molar-refractivity contribution in [2.45, 2.75) is 26.3 Å². The lowest BCUT2D eigenvalue weighted by Gasteiger charge is -2.16. The fourth-order valence-electron chi connectivity index (χ4n) is 1.80. The van der Waals surface area contributed by atoms with Crippen LogP contribution in [0.2, 0.25) is 0 Å². The molecule has 1 heterocycles. The van der Waals surface area contributed by atoms with Crippen LogP contribution in [0.25, 0.3) is 11.0 Å². The van der Waals surface area contributed by atoms with Gasteiger partial charge in [-0.25, -0.2) is 4.68 Å². The average Bonchev–Trinajstić information content (AvgIpc) is 2.79. The van der Waals surface area contributed by atoms with Gasteiger partial charge in [0.25, 0.3) is 0 Å². The molecule has 2 rings (SSSR count). The minimum absolute atomic E-state index is 0.0686. The first-order chi connectivity index (χ1) is 8.72. The number of amides is 1. The van der Waals surface area contributed by atoms with E-state index in [1.165, 1.54) is 0 Å². The lowest BCUT2D eigenvalue weighted by atomic mass is 10.3. The summed E-state index contributed by atoms with van der Waals surface area (Å²) in [5, 5.41) is 8.05. The van der Waals surface area contributed by atoms with Gasteiger partial charge in [-0.2, -0.15) is 0 Å². The van der Waals surface area contributed by atoms with Crippen LogP contribution in [0.4, 0.5) is 0 Å². The Labute approximate surface area is 106 Å². The molecule has 0 atom stereocenters. The molecular formula is C13H18N4O. The standard InChI is InChI=1S/C13H18N4O/c1-3-4-9-16(2)13(18)10-17-12-8-6-5-7-11(12)14-15-17/h5-8H,3-4,9-10H2,1-2H3. The fraction of sp³-hybridized carbons (Fsp3) is 0.462. The van der Waals surface area contributed by atoms with Crippen molar-refractivity contribution in [3.63, 3.8) is 0 Å². The Morgan fingerprint density at radius 1 is 1.39 bits per heavy atom. The van der Waals surface area contributed by atoms with Gasteiger partial charge in [0.15, 0.2) is 0 Å². The molecule has 0 saturated carbocycles. The summed E-state index contributed by atoms with van der Waals surface area (Å²) in [5.41, 5.74) is 1.72. The van der Waals surface area contributed by atoms with Crippen molar-refractivity contribution in [2.24, 2.45) is 0 Å². The third kappa shape index (κ3) is 2.67. The molecule has 1 amide bonds. The SMILES string of the molecule is CCCCN(C)C(=O)Cn1nnc2ccccc21. The smallest absolute Gasteiger partial charge is 0.244 e. The third-order valence-corrected chi connectivity index (χ3v) is 2.98. The molecule has 1 aromatic heterocycles. The van der Waals surface area contributed by atoms with E-state index in [0.29, 0.717) is 0 Å². The summed E-state index contributed by atoms with van der Waals surface area (Å²) in [4.78, 5) is 13.7. The van der Waals surface area contributed by atoms with E-state index < -0.39 is 0 Å². The van der Waals surface area contributed by atoms with Crippen LogP contribution in [-0.4, -0.2) is 39.4 Å². The lowest BCUT2D eigenvalue weighted by Crippen LogP contribution is -2.31. The summed E-state index contributed by atoms with van der Waals surface area (Å²) in [6.07, 6.45) is 2.12. The number of carbonyl (C=O) groups is 1. The molecule has 5 nitrogen and oxygen atoms in total. The van der Waals surface area contributed by atoms with Crippen molar-refractivity contribution >= 4 is 16.9 Å². The first-order valence-electron chi connectivity index (χ1n) is 6.24. The lowest BCUT2D eigenvalue weighted by molar-refractivity contribution is -0.130. The molecule has 0 N–H and O–H groups in total. The summed E-state index contributed by atoms with van der Waals surface area (Å²) in [7, 11) is 1.83. The molecule has 0 aliphatic heterocycles. The summed E-state index contributed by atoms with van der Waals surface area (Å²) in [5.74, 6) is 0.0686. The molecule has 0 unspecified atom stereocenters. The van der Waals surface area contributed by atoms with E-state index in [4.69, 9.17) is 0 Å².